The molecule has 0 aliphatic rings. The van der Waals surface area contributed by atoms with E-state index in [1.165, 1.54) is 0 Å². The van der Waals surface area contributed by atoms with Crippen molar-refractivity contribution < 1.29 is 14.5 Å². The van der Waals surface area contributed by atoms with Gasteiger partial charge in [0.2, 0.25) is 11.3 Å². The lowest BCUT2D eigenvalue weighted by Crippen LogP contribution is -2.36. The number of hydrogen-bond donors (Lipinski definition) is 3. The molecular weight excluding hydrogens is 408 g/mol. The third-order valence-electron chi connectivity index (χ3n) is 4.93. The predicted molar refractivity (Wildman–Crippen MR) is 115 cm³/mol. The molecule has 3 rings (SSSR count). The van der Waals surface area contributed by atoms with Crippen LogP contribution in [0.4, 0.5) is 17.3 Å². The molecule has 2 heterocycles. The topological polar surface area (TPSA) is 126 Å². The van der Waals surface area contributed by atoms with Crippen molar-refractivity contribution in [3.63, 3.8) is 0 Å². The number of nitrogens with one attached hydrogen (secondary N) is 2. The number of carboxylic acids is 1. The number of fused-ring (bicyclic) bond motifs is 1. The van der Waals surface area contributed by atoms with Crippen LogP contribution in [0.5, 0.6) is 0 Å². The van der Waals surface area contributed by atoms with Crippen molar-refractivity contribution in [1.29, 1.82) is 0 Å². The minimum absolute atomic E-state index is 0.104. The second kappa shape index (κ2) is 9.71. The van der Waals surface area contributed by atoms with Crippen LogP contribution in [-0.2, 0) is 4.79 Å². The Bertz CT molecular complexity index is 1020. The summed E-state index contributed by atoms with van der Waals surface area (Å²) in [5, 5.41) is 24.1. The maximum atomic E-state index is 12.0. The molecule has 2 aromatic heterocycles. The highest BCUT2D eigenvalue weighted by Gasteiger charge is 2.27. The molecule has 0 radical (unpaired) electrons. The zero-order valence-electron chi connectivity index (χ0n) is 17.1. The van der Waals surface area contributed by atoms with E-state index in [0.717, 1.165) is 36.9 Å². The SMILES string of the molecule is CCCCCC(C)C(Nc1nc2nonc2nc1Nc1ccc(Cl)c(C)c1)C(=O)O. The lowest BCUT2D eigenvalue weighted by Gasteiger charge is -2.23. The third-order valence-corrected chi connectivity index (χ3v) is 5.35. The van der Waals surface area contributed by atoms with Crippen LogP contribution in [0.25, 0.3) is 11.3 Å². The Morgan fingerprint density at radius 3 is 2.53 bits per heavy atom. The van der Waals surface area contributed by atoms with Crippen molar-refractivity contribution in [2.45, 2.75) is 52.5 Å². The standard InChI is InChI=1S/C20H25ClN6O3/c1-4-5-6-7-11(2)15(20(28)29)23-17-16(24-18-19(25-17)27-30-26-18)22-13-8-9-14(21)12(3)10-13/h8-11,15H,4-7H2,1-3H3,(H,28,29)(H,22,24,26)(H,23,25,27). The third kappa shape index (κ3) is 5.15. The molecule has 0 aliphatic carbocycles. The molecule has 2 atom stereocenters. The van der Waals surface area contributed by atoms with Gasteiger partial charge in [0.25, 0.3) is 0 Å². The summed E-state index contributed by atoms with van der Waals surface area (Å²) in [6.07, 6.45) is 3.90. The quantitative estimate of drug-likeness (QED) is 0.387. The number of aliphatic carboxylic acids is 1. The molecule has 0 bridgehead atoms. The van der Waals surface area contributed by atoms with E-state index in [9.17, 15) is 9.90 Å². The molecule has 0 aliphatic heterocycles. The molecule has 9 nitrogen and oxygen atoms in total. The summed E-state index contributed by atoms with van der Waals surface area (Å²) < 4.78 is 4.71. The van der Waals surface area contributed by atoms with Crippen molar-refractivity contribution in [1.82, 2.24) is 20.3 Å². The number of benzene rings is 1. The zero-order valence-corrected chi connectivity index (χ0v) is 17.9. The number of aromatic nitrogens is 4. The average molecular weight is 433 g/mol. The number of carboxylic acid groups (broad SMARTS) is 1. The predicted octanol–water partition coefficient (Wildman–Crippen LogP) is 4.80. The summed E-state index contributed by atoms with van der Waals surface area (Å²) in [4.78, 5) is 20.7. The summed E-state index contributed by atoms with van der Waals surface area (Å²) in [7, 11) is 0. The molecule has 10 heteroatoms. The number of aryl methyl sites for hydroxylation is 1. The fraction of sp³-hybridized carbons (Fsp3) is 0.450. The molecule has 0 amide bonds. The van der Waals surface area contributed by atoms with Crippen LogP contribution in [-0.4, -0.2) is 37.4 Å². The first-order valence-electron chi connectivity index (χ1n) is 9.91. The van der Waals surface area contributed by atoms with Gasteiger partial charge in [-0.15, -0.1) is 0 Å². The van der Waals surface area contributed by atoms with Crippen molar-refractivity contribution >= 4 is 46.2 Å². The second-order valence-corrected chi connectivity index (χ2v) is 7.76. The number of anilines is 3. The van der Waals surface area contributed by atoms with Crippen LogP contribution in [0, 0.1) is 12.8 Å². The molecule has 3 N–H and O–H groups in total. The lowest BCUT2D eigenvalue weighted by atomic mass is 9.95. The van der Waals surface area contributed by atoms with E-state index in [-0.39, 0.29) is 23.0 Å². The van der Waals surface area contributed by atoms with Gasteiger partial charge < -0.3 is 15.7 Å². The normalized spacial score (nSPS) is 13.2. The van der Waals surface area contributed by atoms with E-state index in [2.05, 4.69) is 37.8 Å². The van der Waals surface area contributed by atoms with Crippen LogP contribution < -0.4 is 10.6 Å². The number of carbonyl (C=O) groups is 1. The van der Waals surface area contributed by atoms with Crippen LogP contribution in [0.2, 0.25) is 5.02 Å². The van der Waals surface area contributed by atoms with Gasteiger partial charge in [0.05, 0.1) is 0 Å². The highest BCUT2D eigenvalue weighted by Crippen LogP contribution is 2.28. The molecule has 2 unspecified atom stereocenters. The first-order valence-corrected chi connectivity index (χ1v) is 10.3. The van der Waals surface area contributed by atoms with E-state index in [0.29, 0.717) is 10.8 Å². The summed E-state index contributed by atoms with van der Waals surface area (Å²) >= 11 is 6.10. The van der Waals surface area contributed by atoms with E-state index in [4.69, 9.17) is 16.2 Å². The lowest BCUT2D eigenvalue weighted by molar-refractivity contribution is -0.139. The largest absolute Gasteiger partial charge is 0.480 e. The fourth-order valence-corrected chi connectivity index (χ4v) is 3.28. The Labute approximate surface area is 179 Å². The number of nitrogens with zero attached hydrogens (tertiary/aromatic N) is 4. The van der Waals surface area contributed by atoms with Gasteiger partial charge in [0, 0.05) is 10.7 Å². The monoisotopic (exact) mass is 432 g/mol. The Balaban J connectivity index is 1.91. The minimum Gasteiger partial charge on any atom is -0.480 e. The average Bonchev–Trinajstić information content (AvgIpc) is 3.16. The summed E-state index contributed by atoms with van der Waals surface area (Å²) in [6.45, 7) is 5.92. The maximum absolute atomic E-state index is 12.0. The van der Waals surface area contributed by atoms with Gasteiger partial charge in [0.15, 0.2) is 11.6 Å². The zero-order chi connectivity index (χ0) is 21.7. The summed E-state index contributed by atoms with van der Waals surface area (Å²) in [5.74, 6) is -0.465. The Hall–Kier alpha value is -2.94. The highest BCUT2D eigenvalue weighted by molar-refractivity contribution is 6.31. The second-order valence-electron chi connectivity index (χ2n) is 7.35. The van der Waals surface area contributed by atoms with Crippen molar-refractivity contribution in [3.05, 3.63) is 28.8 Å². The molecule has 0 saturated carbocycles. The Morgan fingerprint density at radius 2 is 1.90 bits per heavy atom. The van der Waals surface area contributed by atoms with Crippen molar-refractivity contribution in [3.8, 4) is 0 Å². The van der Waals surface area contributed by atoms with Crippen LogP contribution in [0.3, 0.4) is 0 Å². The number of halogens is 1. The van der Waals surface area contributed by atoms with Gasteiger partial charge in [-0.3, -0.25) is 0 Å². The van der Waals surface area contributed by atoms with Gasteiger partial charge in [-0.05, 0) is 53.3 Å². The van der Waals surface area contributed by atoms with Gasteiger partial charge in [-0.2, -0.15) is 0 Å². The first kappa shape index (κ1) is 21.8. The molecule has 3 aromatic rings. The summed E-state index contributed by atoms with van der Waals surface area (Å²) in [6, 6.07) is 4.60. The van der Waals surface area contributed by atoms with Crippen LogP contribution in [0.1, 0.15) is 45.1 Å². The van der Waals surface area contributed by atoms with Crippen molar-refractivity contribution in [2.75, 3.05) is 10.6 Å². The van der Waals surface area contributed by atoms with Gasteiger partial charge >= 0.3 is 5.97 Å². The molecule has 0 spiro atoms. The first-order chi connectivity index (χ1) is 14.4. The number of hydrogen-bond acceptors (Lipinski definition) is 8. The van der Waals surface area contributed by atoms with Crippen LogP contribution >= 0.6 is 11.6 Å². The molecule has 160 valence electrons. The molecule has 30 heavy (non-hydrogen) atoms. The minimum atomic E-state index is -0.951. The number of rotatable bonds is 10. The number of unbranched alkanes of at least 4 members (excludes halogenated alkanes) is 2. The van der Waals surface area contributed by atoms with Gasteiger partial charge in [-0.1, -0.05) is 44.7 Å². The van der Waals surface area contributed by atoms with Crippen molar-refractivity contribution in [2.24, 2.45) is 5.92 Å². The Kier molecular flexibility index (Phi) is 7.04. The van der Waals surface area contributed by atoms with E-state index < -0.39 is 12.0 Å². The van der Waals surface area contributed by atoms with Gasteiger partial charge in [-0.25, -0.2) is 19.4 Å². The summed E-state index contributed by atoms with van der Waals surface area (Å²) in [5.41, 5.74) is 2.03. The molecular formula is C20H25ClN6O3. The maximum Gasteiger partial charge on any atom is 0.326 e. The molecule has 1 aromatic carbocycles. The highest BCUT2D eigenvalue weighted by atomic mass is 35.5. The molecule has 0 saturated heterocycles. The van der Waals surface area contributed by atoms with E-state index in [1.807, 2.05) is 19.9 Å². The molecule has 0 fully saturated rings. The van der Waals surface area contributed by atoms with Gasteiger partial charge in [0.1, 0.15) is 6.04 Å². The fourth-order valence-electron chi connectivity index (χ4n) is 3.16. The Morgan fingerprint density at radius 1 is 1.20 bits per heavy atom. The van der Waals surface area contributed by atoms with Crippen LogP contribution in [0.15, 0.2) is 22.8 Å². The smallest absolute Gasteiger partial charge is 0.326 e. The van der Waals surface area contributed by atoms with E-state index in [1.54, 1.807) is 12.1 Å². The van der Waals surface area contributed by atoms with E-state index >= 15 is 0 Å².